The highest BCUT2D eigenvalue weighted by Crippen LogP contribution is 2.30. The lowest BCUT2D eigenvalue weighted by Crippen LogP contribution is -2.40. The molecular formula is C27H23ClN4O4. The lowest BCUT2D eigenvalue weighted by molar-refractivity contribution is -0.131. The molecule has 0 unspecified atom stereocenters. The molecule has 1 aromatic heterocycles. The Labute approximate surface area is 213 Å². The Balaban J connectivity index is 1.37. The van der Waals surface area contributed by atoms with E-state index in [1.165, 1.54) is 4.90 Å². The van der Waals surface area contributed by atoms with Crippen molar-refractivity contribution in [2.24, 2.45) is 0 Å². The van der Waals surface area contributed by atoms with E-state index >= 15 is 0 Å². The van der Waals surface area contributed by atoms with Crippen LogP contribution >= 0.6 is 11.6 Å². The van der Waals surface area contributed by atoms with Crippen molar-refractivity contribution >= 4 is 29.1 Å². The van der Waals surface area contributed by atoms with Crippen LogP contribution in [0.5, 0.6) is 5.75 Å². The number of halogens is 1. The Kier molecular flexibility index (Phi) is 6.69. The number of aryl methyl sites for hydroxylation is 1. The molecule has 4 aromatic rings. The highest BCUT2D eigenvalue weighted by atomic mass is 35.5. The number of ether oxygens (including phenoxy) is 1. The molecule has 0 saturated heterocycles. The molecule has 1 aliphatic heterocycles. The zero-order chi connectivity index (χ0) is 25.1. The Morgan fingerprint density at radius 2 is 1.81 bits per heavy atom. The van der Waals surface area contributed by atoms with Crippen molar-refractivity contribution in [3.05, 3.63) is 106 Å². The van der Waals surface area contributed by atoms with Crippen molar-refractivity contribution in [1.82, 2.24) is 15.1 Å². The van der Waals surface area contributed by atoms with E-state index < -0.39 is 0 Å². The quantitative estimate of drug-likeness (QED) is 0.376. The molecule has 0 saturated carbocycles. The molecule has 8 nitrogen and oxygen atoms in total. The van der Waals surface area contributed by atoms with Gasteiger partial charge in [0, 0.05) is 19.2 Å². The van der Waals surface area contributed by atoms with Crippen molar-refractivity contribution in [2.45, 2.75) is 26.6 Å². The zero-order valence-electron chi connectivity index (χ0n) is 19.6. The fourth-order valence-electron chi connectivity index (χ4n) is 4.06. The van der Waals surface area contributed by atoms with E-state index in [1.807, 2.05) is 54.6 Å². The number of nitrogens with zero attached hydrogens (tertiary/aromatic N) is 4. The molecule has 2 amide bonds. The first kappa shape index (κ1) is 23.6. The van der Waals surface area contributed by atoms with Crippen molar-refractivity contribution in [1.29, 1.82) is 0 Å². The standard InChI is InChI=1S/C27H23ClN4O4/c1-18-29-30-25(36-18)15-31-14-20-9-5-6-10-24(20)32(16-26(31)33)27(34)22-12-11-21(13-23(22)28)35-17-19-7-3-2-4-8-19/h2-13H,14-17H2,1H3. The van der Waals surface area contributed by atoms with Gasteiger partial charge in [0.1, 0.15) is 18.9 Å². The minimum atomic E-state index is -0.370. The van der Waals surface area contributed by atoms with Crippen LogP contribution in [0.25, 0.3) is 0 Å². The van der Waals surface area contributed by atoms with Gasteiger partial charge < -0.3 is 14.1 Å². The van der Waals surface area contributed by atoms with Gasteiger partial charge in [0.2, 0.25) is 17.7 Å². The van der Waals surface area contributed by atoms with Gasteiger partial charge in [-0.2, -0.15) is 0 Å². The predicted octanol–water partition coefficient (Wildman–Crippen LogP) is 4.80. The Morgan fingerprint density at radius 3 is 2.56 bits per heavy atom. The number of fused-ring (bicyclic) bond motifs is 1. The molecule has 0 bridgehead atoms. The van der Waals surface area contributed by atoms with Crippen molar-refractivity contribution in [3.63, 3.8) is 0 Å². The summed E-state index contributed by atoms with van der Waals surface area (Å²) in [7, 11) is 0. The Morgan fingerprint density at radius 1 is 1.03 bits per heavy atom. The summed E-state index contributed by atoms with van der Waals surface area (Å²) >= 11 is 6.52. The highest BCUT2D eigenvalue weighted by molar-refractivity contribution is 6.34. The van der Waals surface area contributed by atoms with E-state index in [1.54, 1.807) is 30.0 Å². The van der Waals surface area contributed by atoms with Gasteiger partial charge >= 0.3 is 0 Å². The molecule has 0 fully saturated rings. The minimum absolute atomic E-state index is 0.147. The molecule has 36 heavy (non-hydrogen) atoms. The number of hydrogen-bond acceptors (Lipinski definition) is 6. The molecule has 0 N–H and O–H groups in total. The van der Waals surface area contributed by atoms with E-state index in [0.717, 1.165) is 11.1 Å². The number of amides is 2. The number of rotatable bonds is 6. The Bertz CT molecular complexity index is 1410. The van der Waals surface area contributed by atoms with Crippen LogP contribution in [0.1, 0.15) is 33.3 Å². The molecule has 5 rings (SSSR count). The lowest BCUT2D eigenvalue weighted by atomic mass is 10.1. The predicted molar refractivity (Wildman–Crippen MR) is 134 cm³/mol. The average molecular weight is 503 g/mol. The minimum Gasteiger partial charge on any atom is -0.489 e. The highest BCUT2D eigenvalue weighted by Gasteiger charge is 2.31. The van der Waals surface area contributed by atoms with Crippen LogP contribution < -0.4 is 9.64 Å². The summed E-state index contributed by atoms with van der Waals surface area (Å²) < 4.78 is 11.3. The SMILES string of the molecule is Cc1nnc(CN2Cc3ccccc3N(C(=O)c3ccc(OCc4ccccc4)cc3Cl)CC2=O)o1. The molecule has 0 spiro atoms. The first-order chi connectivity index (χ1) is 17.5. The molecule has 0 atom stereocenters. The van der Waals surface area contributed by atoms with Crippen molar-refractivity contribution in [2.75, 3.05) is 11.4 Å². The molecule has 0 aliphatic carbocycles. The van der Waals surface area contributed by atoms with Crippen LogP contribution in [0.15, 0.2) is 77.2 Å². The number of carbonyl (C=O) groups is 2. The van der Waals surface area contributed by atoms with Crippen LogP contribution in [0.2, 0.25) is 5.02 Å². The summed E-state index contributed by atoms with van der Waals surface area (Å²) in [4.78, 5) is 29.9. The van der Waals surface area contributed by atoms with Gasteiger partial charge in [-0.1, -0.05) is 60.1 Å². The van der Waals surface area contributed by atoms with Gasteiger partial charge in [-0.25, -0.2) is 0 Å². The number of carbonyl (C=O) groups excluding carboxylic acids is 2. The fraction of sp³-hybridized carbons (Fsp3) is 0.185. The van der Waals surface area contributed by atoms with Gasteiger partial charge in [0.15, 0.2) is 0 Å². The molecule has 1 aliphatic rings. The van der Waals surface area contributed by atoms with Crippen LogP contribution in [-0.2, 0) is 24.5 Å². The fourth-order valence-corrected chi connectivity index (χ4v) is 4.31. The molecule has 2 heterocycles. The number of aromatic nitrogens is 2. The van der Waals surface area contributed by atoms with Crippen molar-refractivity contribution in [3.8, 4) is 5.75 Å². The number of para-hydroxylation sites is 1. The maximum atomic E-state index is 13.6. The third-order valence-electron chi connectivity index (χ3n) is 5.85. The zero-order valence-corrected chi connectivity index (χ0v) is 20.3. The first-order valence-corrected chi connectivity index (χ1v) is 11.8. The van der Waals surface area contributed by atoms with Crippen LogP contribution in [-0.4, -0.2) is 33.5 Å². The van der Waals surface area contributed by atoms with Crippen LogP contribution in [0.4, 0.5) is 5.69 Å². The van der Waals surface area contributed by atoms with E-state index in [4.69, 9.17) is 20.8 Å². The molecule has 3 aromatic carbocycles. The van der Waals surface area contributed by atoms with E-state index in [2.05, 4.69) is 10.2 Å². The summed E-state index contributed by atoms with van der Waals surface area (Å²) in [6, 6.07) is 22.1. The van der Waals surface area contributed by atoms with Gasteiger partial charge in [-0.3, -0.25) is 14.5 Å². The van der Waals surface area contributed by atoms with E-state index in [9.17, 15) is 9.59 Å². The third kappa shape index (κ3) is 5.08. The maximum absolute atomic E-state index is 13.6. The van der Waals surface area contributed by atoms with Gasteiger partial charge in [0.05, 0.1) is 17.1 Å². The van der Waals surface area contributed by atoms with Crippen molar-refractivity contribution < 1.29 is 18.7 Å². The van der Waals surface area contributed by atoms with Crippen LogP contribution in [0.3, 0.4) is 0 Å². The largest absolute Gasteiger partial charge is 0.489 e. The number of anilines is 1. The topological polar surface area (TPSA) is 88.8 Å². The summed E-state index contributed by atoms with van der Waals surface area (Å²) in [5.41, 5.74) is 2.79. The summed E-state index contributed by atoms with van der Waals surface area (Å²) in [6.45, 7) is 2.39. The second kappa shape index (κ2) is 10.2. The third-order valence-corrected chi connectivity index (χ3v) is 6.16. The normalized spacial score (nSPS) is 13.3. The van der Waals surface area contributed by atoms with Gasteiger partial charge in [-0.05, 0) is 35.4 Å². The Hall–Kier alpha value is -4.17. The number of hydrogen-bond donors (Lipinski definition) is 0. The van der Waals surface area contributed by atoms with Gasteiger partial charge in [-0.15, -0.1) is 10.2 Å². The molecule has 182 valence electrons. The van der Waals surface area contributed by atoms with E-state index in [-0.39, 0.29) is 35.5 Å². The first-order valence-electron chi connectivity index (χ1n) is 11.4. The lowest BCUT2D eigenvalue weighted by Gasteiger charge is -2.23. The summed E-state index contributed by atoms with van der Waals surface area (Å²) in [5.74, 6) is 0.705. The second-order valence-electron chi connectivity index (χ2n) is 8.40. The number of benzene rings is 3. The van der Waals surface area contributed by atoms with E-state index in [0.29, 0.717) is 36.4 Å². The summed E-state index contributed by atoms with van der Waals surface area (Å²) in [6.07, 6.45) is 0. The average Bonchev–Trinajstić information content (AvgIpc) is 3.24. The molecule has 0 radical (unpaired) electrons. The summed E-state index contributed by atoms with van der Waals surface area (Å²) in [5, 5.41) is 8.08. The van der Waals surface area contributed by atoms with Crippen LogP contribution in [0, 0.1) is 6.92 Å². The molecular weight excluding hydrogens is 480 g/mol. The van der Waals surface area contributed by atoms with Gasteiger partial charge in [0.25, 0.3) is 5.91 Å². The maximum Gasteiger partial charge on any atom is 0.260 e. The molecule has 9 heteroatoms. The smallest absolute Gasteiger partial charge is 0.260 e. The monoisotopic (exact) mass is 502 g/mol. The second-order valence-corrected chi connectivity index (χ2v) is 8.81.